The Hall–Kier alpha value is -3.95. The summed E-state index contributed by atoms with van der Waals surface area (Å²) < 4.78 is 30.9. The summed E-state index contributed by atoms with van der Waals surface area (Å²) in [6.45, 7) is 2.03. The summed E-state index contributed by atoms with van der Waals surface area (Å²) in [5, 5.41) is 4.52. The van der Waals surface area contributed by atoms with Crippen molar-refractivity contribution in [1.29, 1.82) is 0 Å². The molecule has 1 amide bonds. The van der Waals surface area contributed by atoms with Crippen LogP contribution in [0.3, 0.4) is 0 Å². The summed E-state index contributed by atoms with van der Waals surface area (Å²) in [4.78, 5) is 28.6. The smallest absolute Gasteiger partial charge is 0.261 e. The normalized spacial score (nSPS) is 14.1. The third-order valence-corrected chi connectivity index (χ3v) is 7.93. The van der Waals surface area contributed by atoms with Crippen LogP contribution in [0, 0.1) is 0 Å². The Labute approximate surface area is 219 Å². The zero-order valence-corrected chi connectivity index (χ0v) is 21.4. The molecule has 0 spiro atoms. The van der Waals surface area contributed by atoms with Crippen LogP contribution < -0.4 is 10.0 Å². The van der Waals surface area contributed by atoms with Gasteiger partial charge in [-0.05, 0) is 36.1 Å². The minimum atomic E-state index is -3.98. The third-order valence-electron chi connectivity index (χ3n) is 6.19. The Morgan fingerprint density at radius 2 is 1.89 bits per heavy atom. The maximum Gasteiger partial charge on any atom is 0.261 e. The molecule has 8 nitrogen and oxygen atoms in total. The number of nitrogens with one attached hydrogen (secondary N) is 2. The van der Waals surface area contributed by atoms with Crippen molar-refractivity contribution in [1.82, 2.24) is 9.55 Å². The van der Waals surface area contributed by atoms with Gasteiger partial charge in [-0.25, -0.2) is 13.4 Å². The molecular formula is C27H23ClN4O4S. The molecule has 1 aliphatic rings. The van der Waals surface area contributed by atoms with Crippen molar-refractivity contribution in [2.75, 3.05) is 10.0 Å². The lowest BCUT2D eigenvalue weighted by atomic mass is 10.1. The third kappa shape index (κ3) is 4.63. The highest BCUT2D eigenvalue weighted by Gasteiger charge is 2.28. The second-order valence-corrected chi connectivity index (χ2v) is 10.7. The number of unbranched alkanes of at least 4 members (excludes halogenated alkanes) is 1. The molecule has 0 fully saturated rings. The van der Waals surface area contributed by atoms with Crippen molar-refractivity contribution in [3.8, 4) is 0 Å². The number of anilines is 2. The van der Waals surface area contributed by atoms with E-state index in [1.807, 2.05) is 37.3 Å². The molecule has 0 saturated carbocycles. The van der Waals surface area contributed by atoms with E-state index in [1.54, 1.807) is 18.2 Å². The van der Waals surface area contributed by atoms with E-state index in [1.165, 1.54) is 22.9 Å². The van der Waals surface area contributed by atoms with Crippen molar-refractivity contribution in [3.05, 3.63) is 82.9 Å². The van der Waals surface area contributed by atoms with Crippen molar-refractivity contribution >= 4 is 67.7 Å². The van der Waals surface area contributed by atoms with Crippen molar-refractivity contribution < 1.29 is 18.0 Å². The summed E-state index contributed by atoms with van der Waals surface area (Å²) >= 11 is 6.39. The molecule has 0 aliphatic carbocycles. The van der Waals surface area contributed by atoms with Crippen LogP contribution in [0.25, 0.3) is 22.5 Å². The van der Waals surface area contributed by atoms with E-state index in [4.69, 9.17) is 11.6 Å². The predicted octanol–water partition coefficient (Wildman–Crippen LogP) is 5.60. The van der Waals surface area contributed by atoms with Gasteiger partial charge in [-0.15, -0.1) is 0 Å². The minimum absolute atomic E-state index is 0.00176. The predicted molar refractivity (Wildman–Crippen MR) is 145 cm³/mol. The Kier molecular flexibility index (Phi) is 6.57. The molecule has 3 aromatic carbocycles. The van der Waals surface area contributed by atoms with Gasteiger partial charge in [0, 0.05) is 29.3 Å². The van der Waals surface area contributed by atoms with Gasteiger partial charge in [0.2, 0.25) is 0 Å². The molecule has 1 aliphatic heterocycles. The highest BCUT2D eigenvalue weighted by Crippen LogP contribution is 2.36. The summed E-state index contributed by atoms with van der Waals surface area (Å²) in [6, 6.07) is 17.3. The minimum Gasteiger partial charge on any atom is -0.321 e. The van der Waals surface area contributed by atoms with Crippen LogP contribution in [-0.2, 0) is 21.2 Å². The molecule has 0 saturated heterocycles. The first-order valence-corrected chi connectivity index (χ1v) is 13.6. The number of hydrogen-bond acceptors (Lipinski definition) is 5. The molecule has 4 aromatic rings. The van der Waals surface area contributed by atoms with Crippen LogP contribution in [0.1, 0.15) is 41.6 Å². The van der Waals surface area contributed by atoms with Gasteiger partial charge in [0.15, 0.2) is 6.29 Å². The van der Waals surface area contributed by atoms with Gasteiger partial charge in [0.1, 0.15) is 16.7 Å². The fourth-order valence-corrected chi connectivity index (χ4v) is 5.64. The van der Waals surface area contributed by atoms with Gasteiger partial charge in [-0.1, -0.05) is 61.3 Å². The SMILES string of the molecule is CCCCc1nc(C=O)c(Cl)n1/C=C1\C(=O)Nc2ccc(S(=O)(=O)Nc3cccc4ccccc34)cc21. The fraction of sp³-hybridized carbons (Fsp3) is 0.148. The topological polar surface area (TPSA) is 110 Å². The number of carbonyl (C=O) groups is 2. The lowest BCUT2D eigenvalue weighted by Gasteiger charge is -2.12. The van der Waals surface area contributed by atoms with E-state index in [2.05, 4.69) is 15.0 Å². The molecule has 2 heterocycles. The van der Waals surface area contributed by atoms with Gasteiger partial charge in [-0.2, -0.15) is 0 Å². The average molecular weight is 535 g/mol. The highest BCUT2D eigenvalue weighted by molar-refractivity contribution is 7.92. The van der Waals surface area contributed by atoms with E-state index >= 15 is 0 Å². The zero-order valence-electron chi connectivity index (χ0n) is 19.9. The standard InChI is InChI=1S/C27H23ClN4O4S/c1-2-3-11-25-29-24(16-33)26(28)32(25)15-21-20-14-18(12-13-22(20)30-27(21)34)37(35,36)31-23-10-6-8-17-7-4-5-9-19(17)23/h4-10,12-16,31H,2-3,11H2,1H3,(H,30,34)/b21-15-. The number of aromatic nitrogens is 2. The number of imidazole rings is 1. The number of fused-ring (bicyclic) bond motifs is 2. The molecule has 0 radical (unpaired) electrons. The number of aryl methyl sites for hydroxylation is 1. The van der Waals surface area contributed by atoms with Gasteiger partial charge >= 0.3 is 0 Å². The van der Waals surface area contributed by atoms with E-state index in [0.717, 1.165) is 23.6 Å². The molecule has 0 unspecified atom stereocenters. The number of rotatable bonds is 8. The summed E-state index contributed by atoms with van der Waals surface area (Å²) in [6.07, 6.45) is 4.36. The second-order valence-electron chi connectivity index (χ2n) is 8.63. The van der Waals surface area contributed by atoms with Crippen LogP contribution in [-0.4, -0.2) is 30.2 Å². The number of amides is 1. The van der Waals surface area contributed by atoms with Gasteiger partial charge in [-0.3, -0.25) is 18.9 Å². The number of hydrogen-bond donors (Lipinski definition) is 2. The van der Waals surface area contributed by atoms with E-state index in [9.17, 15) is 18.0 Å². The summed E-state index contributed by atoms with van der Waals surface area (Å²) in [5.41, 5.74) is 1.63. The summed E-state index contributed by atoms with van der Waals surface area (Å²) in [7, 11) is -3.98. The molecular weight excluding hydrogens is 512 g/mol. The summed E-state index contributed by atoms with van der Waals surface area (Å²) in [5.74, 6) is 0.134. The molecule has 0 atom stereocenters. The lowest BCUT2D eigenvalue weighted by Crippen LogP contribution is -2.13. The molecule has 0 bridgehead atoms. The van der Waals surface area contributed by atoms with Gasteiger partial charge < -0.3 is 5.32 Å². The Bertz CT molecular complexity index is 1690. The molecule has 10 heteroatoms. The largest absolute Gasteiger partial charge is 0.321 e. The van der Waals surface area contributed by atoms with Crippen LogP contribution in [0.15, 0.2) is 65.6 Å². The number of carbonyl (C=O) groups excluding carboxylic acids is 2. The van der Waals surface area contributed by atoms with Gasteiger partial charge in [0.25, 0.3) is 15.9 Å². The first-order valence-electron chi connectivity index (χ1n) is 11.7. The van der Waals surface area contributed by atoms with E-state index in [-0.39, 0.29) is 21.3 Å². The van der Waals surface area contributed by atoms with Crippen molar-refractivity contribution in [2.45, 2.75) is 31.1 Å². The number of nitrogens with zero attached hydrogens (tertiary/aromatic N) is 2. The maximum absolute atomic E-state index is 13.3. The fourth-order valence-electron chi connectivity index (χ4n) is 4.30. The molecule has 2 N–H and O–H groups in total. The van der Waals surface area contributed by atoms with Crippen LogP contribution in [0.2, 0.25) is 5.15 Å². The van der Waals surface area contributed by atoms with Crippen LogP contribution in [0.5, 0.6) is 0 Å². The van der Waals surface area contributed by atoms with Crippen LogP contribution in [0.4, 0.5) is 11.4 Å². The average Bonchev–Trinajstić information content (AvgIpc) is 3.37. The van der Waals surface area contributed by atoms with E-state index < -0.39 is 15.9 Å². The Balaban J connectivity index is 1.55. The Morgan fingerprint density at radius 3 is 2.68 bits per heavy atom. The number of benzene rings is 3. The van der Waals surface area contributed by atoms with Crippen LogP contribution >= 0.6 is 11.6 Å². The molecule has 188 valence electrons. The van der Waals surface area contributed by atoms with Gasteiger partial charge in [0.05, 0.1) is 16.2 Å². The Morgan fingerprint density at radius 1 is 1.11 bits per heavy atom. The second kappa shape index (κ2) is 9.84. The van der Waals surface area contributed by atoms with Crippen molar-refractivity contribution in [3.63, 3.8) is 0 Å². The number of halogens is 1. The monoisotopic (exact) mass is 534 g/mol. The maximum atomic E-state index is 13.3. The number of aldehydes is 1. The zero-order chi connectivity index (χ0) is 26.2. The molecule has 37 heavy (non-hydrogen) atoms. The quantitative estimate of drug-likeness (QED) is 0.226. The molecule has 1 aromatic heterocycles. The first kappa shape index (κ1) is 24.7. The highest BCUT2D eigenvalue weighted by atomic mass is 35.5. The van der Waals surface area contributed by atoms with E-state index in [0.29, 0.717) is 35.5 Å². The molecule has 5 rings (SSSR count). The van der Waals surface area contributed by atoms with Crippen molar-refractivity contribution in [2.24, 2.45) is 0 Å². The first-order chi connectivity index (χ1) is 17.8. The number of sulfonamides is 1. The lowest BCUT2D eigenvalue weighted by molar-refractivity contribution is -0.110.